The summed E-state index contributed by atoms with van der Waals surface area (Å²) in [5.74, 6) is 0. The van der Waals surface area contributed by atoms with E-state index in [0.29, 0.717) is 13.1 Å². The summed E-state index contributed by atoms with van der Waals surface area (Å²) in [4.78, 5) is 20.3. The summed E-state index contributed by atoms with van der Waals surface area (Å²) in [6.07, 6.45) is 0.879. The zero-order chi connectivity index (χ0) is 20.9. The molecule has 0 aliphatic carbocycles. The number of carbonyl (C=O) groups is 1. The first-order chi connectivity index (χ1) is 13.8. The number of hydrogen-bond acceptors (Lipinski definition) is 5. The van der Waals surface area contributed by atoms with Crippen molar-refractivity contribution in [3.63, 3.8) is 0 Å². The maximum atomic E-state index is 12.3. The molecule has 1 saturated heterocycles. The molecule has 0 saturated carbocycles. The number of likely N-dealkylation sites (N-methyl/N-ethyl adjacent to an activating group) is 1. The molecule has 29 heavy (non-hydrogen) atoms. The maximum Gasteiger partial charge on any atom is 0.410 e. The number of hydrogen-bond donors (Lipinski definition) is 0. The maximum absolute atomic E-state index is 12.3. The Labute approximate surface area is 178 Å². The Bertz CT molecular complexity index is 778. The second kappa shape index (κ2) is 9.63. The molecule has 1 aromatic carbocycles. The second-order valence-corrected chi connectivity index (χ2v) is 9.68. The molecule has 1 aliphatic heterocycles. The number of para-hydroxylation sites is 1. The molecule has 2 heterocycles. The quantitative estimate of drug-likeness (QED) is 0.697. The van der Waals surface area contributed by atoms with Crippen molar-refractivity contribution in [1.29, 1.82) is 0 Å². The highest BCUT2D eigenvalue weighted by atomic mass is 32.1. The van der Waals surface area contributed by atoms with Crippen LogP contribution < -0.4 is 4.90 Å². The molecule has 0 spiro atoms. The Morgan fingerprint density at radius 1 is 1.10 bits per heavy atom. The Morgan fingerprint density at radius 3 is 2.48 bits per heavy atom. The van der Waals surface area contributed by atoms with Gasteiger partial charge in [-0.2, -0.15) is 0 Å². The molecule has 3 rings (SSSR count). The smallest absolute Gasteiger partial charge is 0.410 e. The van der Waals surface area contributed by atoms with Crippen molar-refractivity contribution in [1.82, 2.24) is 9.80 Å². The highest BCUT2D eigenvalue weighted by Gasteiger charge is 2.26. The largest absolute Gasteiger partial charge is 0.444 e. The predicted octanol–water partition coefficient (Wildman–Crippen LogP) is 4.48. The van der Waals surface area contributed by atoms with E-state index in [1.165, 1.54) is 16.1 Å². The standard InChI is InChI=1S/C23H33N3O2S/c1-23(2,3)28-22(27)26-15-13-25(14-16-26)21-10-6-5-8-19(21)18-24(4)12-11-20-9-7-17-29-20/h5-10,17H,11-16,18H2,1-4H3. The van der Waals surface area contributed by atoms with E-state index in [4.69, 9.17) is 4.74 Å². The summed E-state index contributed by atoms with van der Waals surface area (Å²) in [5.41, 5.74) is 2.17. The summed E-state index contributed by atoms with van der Waals surface area (Å²) in [6, 6.07) is 13.0. The third-order valence-corrected chi connectivity index (χ3v) is 5.96. The van der Waals surface area contributed by atoms with Crippen LogP contribution in [0.5, 0.6) is 0 Å². The average Bonchev–Trinajstić information content (AvgIpc) is 3.19. The van der Waals surface area contributed by atoms with Gasteiger partial charge in [0.25, 0.3) is 0 Å². The first-order valence-corrected chi connectivity index (χ1v) is 11.2. The fraction of sp³-hybridized carbons (Fsp3) is 0.522. The molecule has 1 fully saturated rings. The number of anilines is 1. The first-order valence-electron chi connectivity index (χ1n) is 10.3. The lowest BCUT2D eigenvalue weighted by Crippen LogP contribution is -2.50. The van der Waals surface area contributed by atoms with E-state index in [0.717, 1.165) is 32.6 Å². The lowest BCUT2D eigenvalue weighted by molar-refractivity contribution is 0.0240. The predicted molar refractivity (Wildman–Crippen MR) is 121 cm³/mol. The van der Waals surface area contributed by atoms with Gasteiger partial charge in [0.1, 0.15) is 5.60 Å². The number of benzene rings is 1. The minimum atomic E-state index is -0.450. The fourth-order valence-corrected chi connectivity index (χ4v) is 4.23. The molecule has 1 aliphatic rings. The number of rotatable bonds is 6. The van der Waals surface area contributed by atoms with Gasteiger partial charge in [-0.15, -0.1) is 11.3 Å². The van der Waals surface area contributed by atoms with Crippen LogP contribution in [0.25, 0.3) is 0 Å². The normalized spacial score (nSPS) is 15.1. The summed E-state index contributed by atoms with van der Waals surface area (Å²) in [6.45, 7) is 10.7. The van der Waals surface area contributed by atoms with Crippen molar-refractivity contribution in [2.45, 2.75) is 39.3 Å². The number of thiophene rings is 1. The van der Waals surface area contributed by atoms with Crippen molar-refractivity contribution in [2.75, 3.05) is 44.7 Å². The minimum Gasteiger partial charge on any atom is -0.444 e. The summed E-state index contributed by atoms with van der Waals surface area (Å²) < 4.78 is 5.51. The first kappa shape index (κ1) is 21.7. The molecule has 0 N–H and O–H groups in total. The summed E-state index contributed by atoms with van der Waals surface area (Å²) in [5, 5.41) is 2.14. The van der Waals surface area contributed by atoms with E-state index in [1.807, 2.05) is 37.0 Å². The number of amides is 1. The highest BCUT2D eigenvalue weighted by Crippen LogP contribution is 2.24. The molecule has 2 aromatic rings. The third kappa shape index (κ3) is 6.47. The van der Waals surface area contributed by atoms with E-state index in [1.54, 1.807) is 0 Å². The van der Waals surface area contributed by atoms with Crippen LogP contribution in [-0.2, 0) is 17.7 Å². The number of carbonyl (C=O) groups excluding carboxylic acids is 1. The Hall–Kier alpha value is -2.05. The van der Waals surface area contributed by atoms with Gasteiger partial charge in [0.15, 0.2) is 0 Å². The minimum absolute atomic E-state index is 0.209. The van der Waals surface area contributed by atoms with Crippen molar-refractivity contribution >= 4 is 23.1 Å². The van der Waals surface area contributed by atoms with E-state index < -0.39 is 5.60 Å². The van der Waals surface area contributed by atoms with Crippen LogP contribution in [0, 0.1) is 0 Å². The molecule has 1 amide bonds. The average molecular weight is 416 g/mol. The molecular weight excluding hydrogens is 382 g/mol. The monoisotopic (exact) mass is 415 g/mol. The second-order valence-electron chi connectivity index (χ2n) is 8.65. The SMILES string of the molecule is CN(CCc1cccs1)Cc1ccccc1N1CCN(C(=O)OC(C)(C)C)CC1. The molecule has 0 bridgehead atoms. The van der Waals surface area contributed by atoms with E-state index in [2.05, 4.69) is 58.6 Å². The van der Waals surface area contributed by atoms with Gasteiger partial charge in [-0.25, -0.2) is 4.79 Å². The van der Waals surface area contributed by atoms with Gasteiger partial charge in [0.2, 0.25) is 0 Å². The summed E-state index contributed by atoms with van der Waals surface area (Å²) >= 11 is 1.83. The van der Waals surface area contributed by atoms with Crippen LogP contribution in [-0.4, -0.2) is 61.3 Å². The zero-order valence-corrected chi connectivity index (χ0v) is 18.9. The van der Waals surface area contributed by atoms with Crippen LogP contribution >= 0.6 is 11.3 Å². The van der Waals surface area contributed by atoms with E-state index >= 15 is 0 Å². The topological polar surface area (TPSA) is 36.0 Å². The van der Waals surface area contributed by atoms with Crippen LogP contribution in [0.3, 0.4) is 0 Å². The molecule has 5 nitrogen and oxygen atoms in total. The molecule has 1 aromatic heterocycles. The molecule has 0 radical (unpaired) electrons. The van der Waals surface area contributed by atoms with E-state index in [-0.39, 0.29) is 6.09 Å². The van der Waals surface area contributed by atoms with Gasteiger partial charge < -0.3 is 19.4 Å². The van der Waals surface area contributed by atoms with Crippen LogP contribution in [0.15, 0.2) is 41.8 Å². The number of piperazine rings is 1. The van der Waals surface area contributed by atoms with Crippen LogP contribution in [0.1, 0.15) is 31.2 Å². The van der Waals surface area contributed by atoms with Crippen molar-refractivity contribution in [3.8, 4) is 0 Å². The van der Waals surface area contributed by atoms with Gasteiger partial charge in [0.05, 0.1) is 0 Å². The van der Waals surface area contributed by atoms with Gasteiger partial charge in [0, 0.05) is 49.8 Å². The lowest BCUT2D eigenvalue weighted by Gasteiger charge is -2.37. The third-order valence-electron chi connectivity index (χ3n) is 5.02. The molecule has 0 unspecified atom stereocenters. The summed E-state index contributed by atoms with van der Waals surface area (Å²) in [7, 11) is 2.19. The molecule has 158 valence electrons. The van der Waals surface area contributed by atoms with Crippen molar-refractivity contribution in [3.05, 3.63) is 52.2 Å². The van der Waals surface area contributed by atoms with Crippen molar-refractivity contribution < 1.29 is 9.53 Å². The Balaban J connectivity index is 1.56. The number of ether oxygens (including phenoxy) is 1. The fourth-order valence-electron chi connectivity index (χ4n) is 3.54. The van der Waals surface area contributed by atoms with Crippen LogP contribution in [0.2, 0.25) is 0 Å². The van der Waals surface area contributed by atoms with Crippen LogP contribution in [0.4, 0.5) is 10.5 Å². The van der Waals surface area contributed by atoms with Gasteiger partial charge in [-0.1, -0.05) is 24.3 Å². The Morgan fingerprint density at radius 2 is 1.83 bits per heavy atom. The lowest BCUT2D eigenvalue weighted by atomic mass is 10.1. The van der Waals surface area contributed by atoms with Gasteiger partial charge in [-0.3, -0.25) is 0 Å². The molecule has 0 atom stereocenters. The zero-order valence-electron chi connectivity index (χ0n) is 18.1. The van der Waals surface area contributed by atoms with E-state index in [9.17, 15) is 4.79 Å². The number of nitrogens with zero attached hydrogens (tertiary/aromatic N) is 3. The molecule has 6 heteroatoms. The van der Waals surface area contributed by atoms with Gasteiger partial charge in [-0.05, 0) is 57.3 Å². The highest BCUT2D eigenvalue weighted by molar-refractivity contribution is 7.09. The van der Waals surface area contributed by atoms with Gasteiger partial charge >= 0.3 is 6.09 Å². The van der Waals surface area contributed by atoms with Crippen molar-refractivity contribution in [2.24, 2.45) is 0 Å². The Kier molecular flexibility index (Phi) is 7.19. The molecular formula is C23H33N3O2S.